The van der Waals surface area contributed by atoms with E-state index in [-0.39, 0.29) is 12.5 Å². The molecule has 0 rings (SSSR count). The van der Waals surface area contributed by atoms with Gasteiger partial charge in [0.2, 0.25) is 5.91 Å². The van der Waals surface area contributed by atoms with Crippen LogP contribution in [0.3, 0.4) is 0 Å². The molecule has 0 aromatic rings. The van der Waals surface area contributed by atoms with E-state index in [2.05, 4.69) is 67.8 Å². The fraction of sp³-hybridized carbons (Fsp3) is 0.807. The molecule has 0 aliphatic heterocycles. The lowest BCUT2D eigenvalue weighted by Crippen LogP contribution is -2.45. The molecule has 0 spiro atoms. The fourth-order valence-electron chi connectivity index (χ4n) is 8.15. The van der Waals surface area contributed by atoms with Crippen molar-refractivity contribution in [3.8, 4) is 0 Å². The predicted molar refractivity (Wildman–Crippen MR) is 271 cm³/mol. The van der Waals surface area contributed by atoms with Crippen molar-refractivity contribution in [1.82, 2.24) is 5.32 Å². The second-order valence-electron chi connectivity index (χ2n) is 18.3. The summed E-state index contributed by atoms with van der Waals surface area (Å²) in [7, 11) is 0. The molecule has 0 fully saturated rings. The van der Waals surface area contributed by atoms with Gasteiger partial charge in [-0.3, -0.25) is 4.79 Å². The lowest BCUT2D eigenvalue weighted by atomic mass is 10.0. The van der Waals surface area contributed by atoms with Gasteiger partial charge >= 0.3 is 0 Å². The van der Waals surface area contributed by atoms with Crippen molar-refractivity contribution in [3.05, 3.63) is 60.8 Å². The number of aliphatic hydroxyl groups excluding tert-OH is 2. The van der Waals surface area contributed by atoms with Gasteiger partial charge in [0.15, 0.2) is 0 Å². The maximum atomic E-state index is 12.4. The van der Waals surface area contributed by atoms with Crippen LogP contribution in [0.25, 0.3) is 0 Å². The Labute approximate surface area is 381 Å². The topological polar surface area (TPSA) is 69.6 Å². The van der Waals surface area contributed by atoms with E-state index in [0.29, 0.717) is 6.42 Å². The summed E-state index contributed by atoms with van der Waals surface area (Å²) in [5.41, 5.74) is 0. The summed E-state index contributed by atoms with van der Waals surface area (Å²) in [4.78, 5) is 12.4. The molecule has 0 aliphatic rings. The van der Waals surface area contributed by atoms with E-state index < -0.39 is 12.1 Å². The molecule has 4 nitrogen and oxygen atoms in total. The predicted octanol–water partition coefficient (Wildman–Crippen LogP) is 17.6. The molecule has 2 unspecified atom stereocenters. The minimum Gasteiger partial charge on any atom is -0.394 e. The van der Waals surface area contributed by atoms with Gasteiger partial charge in [-0.2, -0.15) is 0 Å². The Morgan fingerprint density at radius 1 is 0.410 bits per heavy atom. The molecular weight excluding hydrogens is 747 g/mol. The molecule has 61 heavy (non-hydrogen) atoms. The smallest absolute Gasteiger partial charge is 0.220 e. The van der Waals surface area contributed by atoms with Crippen molar-refractivity contribution in [3.63, 3.8) is 0 Å². The molecule has 3 N–H and O–H groups in total. The zero-order chi connectivity index (χ0) is 44.2. The Hall–Kier alpha value is -1.91. The molecule has 0 aliphatic carbocycles. The quantitative estimate of drug-likeness (QED) is 0.0422. The molecule has 4 heteroatoms. The summed E-state index contributed by atoms with van der Waals surface area (Å²) in [6.07, 6.45) is 73.9. The summed E-state index contributed by atoms with van der Waals surface area (Å²) in [6, 6.07) is -0.647. The number of amides is 1. The largest absolute Gasteiger partial charge is 0.394 e. The highest BCUT2D eigenvalue weighted by molar-refractivity contribution is 5.76. The summed E-state index contributed by atoms with van der Waals surface area (Å²) in [6.45, 7) is 4.20. The summed E-state index contributed by atoms with van der Waals surface area (Å²) < 4.78 is 0. The molecule has 0 aromatic carbocycles. The molecule has 0 saturated carbocycles. The highest BCUT2D eigenvalue weighted by atomic mass is 16.3. The second kappa shape index (κ2) is 52.4. The van der Waals surface area contributed by atoms with Crippen molar-refractivity contribution in [2.75, 3.05) is 6.61 Å². The standard InChI is InChI=1S/C57H105NO3/c1-3-5-7-9-11-13-15-17-19-21-22-23-24-25-26-27-28-29-30-31-32-33-34-35-37-38-40-42-44-46-48-50-52-56(60)55(54-59)58-57(61)53-51-49-47-45-43-41-39-36-20-18-16-14-12-10-8-6-4-2/h6,8,12,14,18,20,42,44,50,52,55-56,59-60H,3-5,7,9-11,13,15-17,19,21-41,43,45-49,51,53-54H2,1-2H3,(H,58,61)/b8-6-,14-12-,20-18-,44-42+,52-50+. The second-order valence-corrected chi connectivity index (χ2v) is 18.3. The van der Waals surface area contributed by atoms with Gasteiger partial charge < -0.3 is 15.5 Å². The maximum Gasteiger partial charge on any atom is 0.220 e. The van der Waals surface area contributed by atoms with Gasteiger partial charge in [0.05, 0.1) is 18.8 Å². The van der Waals surface area contributed by atoms with Crippen molar-refractivity contribution in [1.29, 1.82) is 0 Å². The molecule has 0 saturated heterocycles. The first kappa shape index (κ1) is 59.1. The maximum absolute atomic E-state index is 12.4. The molecule has 0 heterocycles. The third-order valence-corrected chi connectivity index (χ3v) is 12.2. The highest BCUT2D eigenvalue weighted by Gasteiger charge is 2.17. The summed E-state index contributed by atoms with van der Waals surface area (Å²) in [5.74, 6) is -0.0838. The van der Waals surface area contributed by atoms with Crippen LogP contribution in [-0.2, 0) is 4.79 Å². The number of nitrogens with one attached hydrogen (secondary N) is 1. The average molecular weight is 852 g/mol. The highest BCUT2D eigenvalue weighted by Crippen LogP contribution is 2.17. The number of carbonyl (C=O) groups excluding carboxylic acids is 1. The molecule has 0 aromatic heterocycles. The molecular formula is C57H105NO3. The van der Waals surface area contributed by atoms with E-state index in [9.17, 15) is 15.0 Å². The van der Waals surface area contributed by atoms with Gasteiger partial charge in [-0.1, -0.05) is 267 Å². The van der Waals surface area contributed by atoms with Crippen LogP contribution in [0.2, 0.25) is 0 Å². The number of unbranched alkanes of at least 4 members (excludes halogenated alkanes) is 34. The molecule has 0 bridgehead atoms. The van der Waals surface area contributed by atoms with Crippen LogP contribution in [0.15, 0.2) is 60.8 Å². The third kappa shape index (κ3) is 49.0. The van der Waals surface area contributed by atoms with Crippen LogP contribution < -0.4 is 5.32 Å². The Morgan fingerprint density at radius 2 is 0.738 bits per heavy atom. The van der Waals surface area contributed by atoms with Gasteiger partial charge in [0.25, 0.3) is 0 Å². The Morgan fingerprint density at radius 3 is 1.15 bits per heavy atom. The van der Waals surface area contributed by atoms with E-state index >= 15 is 0 Å². The lowest BCUT2D eigenvalue weighted by molar-refractivity contribution is -0.123. The molecule has 1 amide bonds. The molecule has 2 atom stereocenters. The van der Waals surface area contributed by atoms with Crippen LogP contribution in [0.5, 0.6) is 0 Å². The van der Waals surface area contributed by atoms with Gasteiger partial charge in [-0.25, -0.2) is 0 Å². The van der Waals surface area contributed by atoms with Gasteiger partial charge in [0, 0.05) is 6.42 Å². The van der Waals surface area contributed by atoms with E-state index in [1.807, 2.05) is 6.08 Å². The van der Waals surface area contributed by atoms with Crippen LogP contribution in [0.4, 0.5) is 0 Å². The van der Waals surface area contributed by atoms with Gasteiger partial charge in [-0.05, 0) is 64.2 Å². The first-order chi connectivity index (χ1) is 30.2. The van der Waals surface area contributed by atoms with E-state index in [0.717, 1.165) is 64.2 Å². The van der Waals surface area contributed by atoms with Crippen molar-refractivity contribution >= 4 is 5.91 Å². The van der Waals surface area contributed by atoms with E-state index in [1.165, 1.54) is 193 Å². The van der Waals surface area contributed by atoms with Gasteiger partial charge in [0.1, 0.15) is 0 Å². The van der Waals surface area contributed by atoms with Gasteiger partial charge in [-0.15, -0.1) is 0 Å². The first-order valence-electron chi connectivity index (χ1n) is 27.0. The van der Waals surface area contributed by atoms with Crippen LogP contribution in [0.1, 0.15) is 277 Å². The van der Waals surface area contributed by atoms with E-state index in [1.54, 1.807) is 6.08 Å². The number of hydrogen-bond acceptors (Lipinski definition) is 3. The fourth-order valence-corrected chi connectivity index (χ4v) is 8.15. The Kier molecular flexibility index (Phi) is 50.8. The monoisotopic (exact) mass is 852 g/mol. The minimum atomic E-state index is -0.870. The normalized spacial score (nSPS) is 13.3. The van der Waals surface area contributed by atoms with Crippen molar-refractivity contribution < 1.29 is 15.0 Å². The number of hydrogen-bond donors (Lipinski definition) is 3. The van der Waals surface area contributed by atoms with Crippen LogP contribution >= 0.6 is 0 Å². The SMILES string of the molecule is CC/C=C\C/C=C\C/C=C\CCCCCCCCCC(=O)NC(CO)C(O)/C=C/CC/C=C/CCCCCCCCCCCCCCCCCCCCCCCCCCCC. The molecule has 356 valence electrons. The van der Waals surface area contributed by atoms with E-state index in [4.69, 9.17) is 0 Å². The zero-order valence-corrected chi connectivity index (χ0v) is 40.9. The summed E-state index contributed by atoms with van der Waals surface area (Å²) >= 11 is 0. The average Bonchev–Trinajstić information content (AvgIpc) is 3.26. The number of carbonyl (C=O) groups is 1. The lowest BCUT2D eigenvalue weighted by Gasteiger charge is -2.19. The number of rotatable bonds is 49. The van der Waals surface area contributed by atoms with Crippen LogP contribution in [0, 0.1) is 0 Å². The third-order valence-electron chi connectivity index (χ3n) is 12.2. The number of aliphatic hydroxyl groups is 2. The van der Waals surface area contributed by atoms with Crippen molar-refractivity contribution in [2.45, 2.75) is 289 Å². The number of allylic oxidation sites excluding steroid dienone is 9. The Bertz CT molecular complexity index is 1010. The molecule has 0 radical (unpaired) electrons. The van der Waals surface area contributed by atoms with Crippen molar-refractivity contribution in [2.24, 2.45) is 0 Å². The zero-order valence-electron chi connectivity index (χ0n) is 40.9. The Balaban J connectivity index is 3.51. The summed E-state index contributed by atoms with van der Waals surface area (Å²) in [5, 5.41) is 23.1. The minimum absolute atomic E-state index is 0.0838. The van der Waals surface area contributed by atoms with Crippen LogP contribution in [-0.4, -0.2) is 34.9 Å². The first-order valence-corrected chi connectivity index (χ1v) is 27.0.